The van der Waals surface area contributed by atoms with Crippen molar-refractivity contribution in [2.45, 2.75) is 40.0 Å². The summed E-state index contributed by atoms with van der Waals surface area (Å²) in [7, 11) is 0. The first-order chi connectivity index (χ1) is 8.58. The predicted octanol–water partition coefficient (Wildman–Crippen LogP) is 2.73. The molecule has 2 N–H and O–H groups in total. The molecule has 0 aliphatic rings. The molecule has 2 amide bonds. The normalized spacial score (nSPS) is 10.7. The molecule has 0 atom stereocenters. The first-order valence-corrected chi connectivity index (χ1v) is 7.38. The monoisotopic (exact) mass is 269 g/mol. The van der Waals surface area contributed by atoms with Gasteiger partial charge in [0.2, 0.25) is 0 Å². The molecule has 0 saturated carbocycles. The number of hydrogen-bond acceptors (Lipinski definition) is 3. The summed E-state index contributed by atoms with van der Waals surface area (Å²) >= 11 is 1.64. The molecule has 102 valence electrons. The van der Waals surface area contributed by atoms with Crippen LogP contribution in [-0.2, 0) is 6.42 Å². The summed E-state index contributed by atoms with van der Waals surface area (Å²) in [4.78, 5) is 15.8. The molecule has 0 aliphatic heterocycles. The molecule has 1 heterocycles. The van der Waals surface area contributed by atoms with E-state index >= 15 is 0 Å². The van der Waals surface area contributed by atoms with Crippen LogP contribution in [0.5, 0.6) is 0 Å². The molecule has 0 aromatic carbocycles. The van der Waals surface area contributed by atoms with Crippen LogP contribution >= 0.6 is 11.3 Å². The molecule has 0 unspecified atom stereocenters. The average molecular weight is 269 g/mol. The number of amides is 2. The molecule has 18 heavy (non-hydrogen) atoms. The van der Waals surface area contributed by atoms with Crippen LogP contribution in [0.1, 0.15) is 37.4 Å². The van der Waals surface area contributed by atoms with Crippen molar-refractivity contribution in [3.8, 4) is 0 Å². The minimum atomic E-state index is -0.0780. The zero-order chi connectivity index (χ0) is 13.4. The topological polar surface area (TPSA) is 54.0 Å². The van der Waals surface area contributed by atoms with Crippen LogP contribution in [0.2, 0.25) is 0 Å². The van der Waals surface area contributed by atoms with Crippen LogP contribution in [0.15, 0.2) is 5.38 Å². The smallest absolute Gasteiger partial charge is 0.314 e. The van der Waals surface area contributed by atoms with Crippen molar-refractivity contribution in [2.24, 2.45) is 5.92 Å². The number of aryl methyl sites for hydroxylation is 1. The average Bonchev–Trinajstić information content (AvgIpc) is 2.70. The van der Waals surface area contributed by atoms with E-state index in [-0.39, 0.29) is 6.03 Å². The quantitative estimate of drug-likeness (QED) is 0.748. The maximum absolute atomic E-state index is 11.4. The summed E-state index contributed by atoms with van der Waals surface area (Å²) in [6, 6.07) is -0.0780. The van der Waals surface area contributed by atoms with E-state index in [0.717, 1.165) is 36.5 Å². The Balaban J connectivity index is 2.03. The maximum atomic E-state index is 11.4. The number of hydrogen-bond donors (Lipinski definition) is 2. The number of nitrogens with zero attached hydrogens (tertiary/aromatic N) is 1. The molecule has 0 spiro atoms. The highest BCUT2D eigenvalue weighted by Crippen LogP contribution is 2.07. The van der Waals surface area contributed by atoms with Crippen molar-refractivity contribution in [3.05, 3.63) is 16.1 Å². The van der Waals surface area contributed by atoms with Gasteiger partial charge in [0.1, 0.15) is 0 Å². The van der Waals surface area contributed by atoms with Gasteiger partial charge in [-0.2, -0.15) is 0 Å². The molecule has 0 aliphatic carbocycles. The molecule has 0 fully saturated rings. The Hall–Kier alpha value is -1.10. The van der Waals surface area contributed by atoms with Gasteiger partial charge in [0.25, 0.3) is 0 Å². The van der Waals surface area contributed by atoms with Crippen molar-refractivity contribution >= 4 is 17.4 Å². The van der Waals surface area contributed by atoms with E-state index in [2.05, 4.69) is 29.5 Å². The summed E-state index contributed by atoms with van der Waals surface area (Å²) in [5.41, 5.74) is 1.05. The summed E-state index contributed by atoms with van der Waals surface area (Å²) in [6.45, 7) is 7.76. The zero-order valence-corrected chi connectivity index (χ0v) is 12.3. The number of rotatable bonds is 7. The van der Waals surface area contributed by atoms with Gasteiger partial charge in [0, 0.05) is 24.9 Å². The number of nitrogens with one attached hydrogen (secondary N) is 2. The zero-order valence-electron chi connectivity index (χ0n) is 11.5. The number of aromatic nitrogens is 1. The Morgan fingerprint density at radius 3 is 2.72 bits per heavy atom. The third kappa shape index (κ3) is 6.59. The molecule has 1 aromatic heterocycles. The highest BCUT2D eigenvalue weighted by molar-refractivity contribution is 7.09. The van der Waals surface area contributed by atoms with E-state index in [1.54, 1.807) is 11.3 Å². The molecular weight excluding hydrogens is 246 g/mol. The highest BCUT2D eigenvalue weighted by atomic mass is 32.1. The number of thiazole rings is 1. The van der Waals surface area contributed by atoms with Crippen LogP contribution in [-0.4, -0.2) is 24.1 Å². The summed E-state index contributed by atoms with van der Waals surface area (Å²) in [5, 5.41) is 8.82. The molecule has 0 saturated heterocycles. The van der Waals surface area contributed by atoms with Crippen LogP contribution < -0.4 is 10.6 Å². The van der Waals surface area contributed by atoms with Crippen molar-refractivity contribution in [3.63, 3.8) is 0 Å². The van der Waals surface area contributed by atoms with Gasteiger partial charge in [-0.05, 0) is 25.7 Å². The Morgan fingerprint density at radius 1 is 1.39 bits per heavy atom. The summed E-state index contributed by atoms with van der Waals surface area (Å²) < 4.78 is 0. The largest absolute Gasteiger partial charge is 0.338 e. The Morgan fingerprint density at radius 2 is 2.11 bits per heavy atom. The standard InChI is InChI=1S/C13H23N3OS/c1-10(2)5-4-7-14-13(17)15-8-6-12-9-18-11(3)16-12/h9-10H,4-8H2,1-3H3,(H2,14,15,17). The molecule has 4 nitrogen and oxygen atoms in total. The minimum absolute atomic E-state index is 0.0780. The molecule has 0 bridgehead atoms. The molecular formula is C13H23N3OS. The molecule has 0 radical (unpaired) electrons. The number of carbonyl (C=O) groups excluding carboxylic acids is 1. The second-order valence-electron chi connectivity index (χ2n) is 4.83. The van der Waals surface area contributed by atoms with E-state index in [4.69, 9.17) is 0 Å². The second-order valence-corrected chi connectivity index (χ2v) is 5.89. The van der Waals surface area contributed by atoms with Gasteiger partial charge in [-0.3, -0.25) is 0 Å². The van der Waals surface area contributed by atoms with E-state index < -0.39 is 0 Å². The first-order valence-electron chi connectivity index (χ1n) is 6.50. The van der Waals surface area contributed by atoms with Gasteiger partial charge in [-0.25, -0.2) is 9.78 Å². The third-order valence-electron chi connectivity index (χ3n) is 2.58. The SMILES string of the molecule is Cc1nc(CCNC(=O)NCCCC(C)C)cs1. The Kier molecular flexibility index (Phi) is 6.72. The van der Waals surface area contributed by atoms with Gasteiger partial charge < -0.3 is 10.6 Å². The second kappa shape index (κ2) is 8.08. The van der Waals surface area contributed by atoms with E-state index in [1.807, 2.05) is 12.3 Å². The van der Waals surface area contributed by atoms with Gasteiger partial charge in [0.15, 0.2) is 0 Å². The first kappa shape index (κ1) is 15.0. The van der Waals surface area contributed by atoms with Crippen LogP contribution in [0.3, 0.4) is 0 Å². The molecule has 5 heteroatoms. The lowest BCUT2D eigenvalue weighted by molar-refractivity contribution is 0.240. The third-order valence-corrected chi connectivity index (χ3v) is 3.40. The van der Waals surface area contributed by atoms with Gasteiger partial charge >= 0.3 is 6.03 Å². The fourth-order valence-electron chi connectivity index (χ4n) is 1.60. The van der Waals surface area contributed by atoms with Crippen molar-refractivity contribution in [1.82, 2.24) is 15.6 Å². The van der Waals surface area contributed by atoms with Crippen molar-refractivity contribution < 1.29 is 4.79 Å². The maximum Gasteiger partial charge on any atom is 0.314 e. The summed E-state index contributed by atoms with van der Waals surface area (Å²) in [6.07, 6.45) is 2.98. The molecule has 1 rings (SSSR count). The summed E-state index contributed by atoms with van der Waals surface area (Å²) in [5.74, 6) is 0.697. The number of carbonyl (C=O) groups is 1. The lowest BCUT2D eigenvalue weighted by Gasteiger charge is -2.08. The van der Waals surface area contributed by atoms with Crippen LogP contribution in [0, 0.1) is 12.8 Å². The molecule has 1 aromatic rings. The number of urea groups is 1. The van der Waals surface area contributed by atoms with E-state index in [0.29, 0.717) is 12.5 Å². The lowest BCUT2D eigenvalue weighted by Crippen LogP contribution is -2.37. The predicted molar refractivity (Wildman–Crippen MR) is 76.0 cm³/mol. The van der Waals surface area contributed by atoms with E-state index in [9.17, 15) is 4.79 Å². The lowest BCUT2D eigenvalue weighted by atomic mass is 10.1. The Bertz CT molecular complexity index is 363. The van der Waals surface area contributed by atoms with Crippen LogP contribution in [0.25, 0.3) is 0 Å². The van der Waals surface area contributed by atoms with Crippen molar-refractivity contribution in [1.29, 1.82) is 0 Å². The fraction of sp³-hybridized carbons (Fsp3) is 0.692. The minimum Gasteiger partial charge on any atom is -0.338 e. The highest BCUT2D eigenvalue weighted by Gasteiger charge is 2.01. The van der Waals surface area contributed by atoms with Gasteiger partial charge in [0.05, 0.1) is 10.7 Å². The van der Waals surface area contributed by atoms with E-state index in [1.165, 1.54) is 0 Å². The fourth-order valence-corrected chi connectivity index (χ4v) is 2.25. The van der Waals surface area contributed by atoms with Crippen LogP contribution in [0.4, 0.5) is 4.79 Å². The van der Waals surface area contributed by atoms with Gasteiger partial charge in [-0.15, -0.1) is 11.3 Å². The van der Waals surface area contributed by atoms with Gasteiger partial charge in [-0.1, -0.05) is 13.8 Å². The van der Waals surface area contributed by atoms with Crippen molar-refractivity contribution in [2.75, 3.05) is 13.1 Å². The Labute approximate surface area is 113 Å².